The highest BCUT2D eigenvalue weighted by molar-refractivity contribution is 5.94. The number of rotatable bonds is 11. The molecule has 2 aromatic carbocycles. The Morgan fingerprint density at radius 2 is 1.81 bits per heavy atom. The third-order valence-corrected chi connectivity index (χ3v) is 4.30. The summed E-state index contributed by atoms with van der Waals surface area (Å²) in [5, 5.41) is 12.2. The van der Waals surface area contributed by atoms with E-state index in [1.807, 2.05) is 12.1 Å². The summed E-state index contributed by atoms with van der Waals surface area (Å²) in [5.74, 6) is 1.38. The zero-order valence-electron chi connectivity index (χ0n) is 16.2. The molecule has 2 N–H and O–H groups in total. The predicted molar refractivity (Wildman–Crippen MR) is 107 cm³/mol. The molecule has 0 heterocycles. The highest BCUT2D eigenvalue weighted by atomic mass is 16.5. The van der Waals surface area contributed by atoms with Gasteiger partial charge in [0.05, 0.1) is 13.7 Å². The number of hydrogen-bond donors (Lipinski definition) is 2. The molecule has 0 aliphatic heterocycles. The zero-order chi connectivity index (χ0) is 19.5. The van der Waals surface area contributed by atoms with Gasteiger partial charge in [0, 0.05) is 12.1 Å². The molecule has 1 amide bonds. The summed E-state index contributed by atoms with van der Waals surface area (Å²) in [7, 11) is 1.59. The Balaban J connectivity index is 1.84. The SMILES string of the molecule is CCCCCOc1cc(C(=O)NCCCc2ccc(O)cc2)ccc1OC. The third-order valence-electron chi connectivity index (χ3n) is 4.30. The van der Waals surface area contributed by atoms with Crippen LogP contribution in [0.5, 0.6) is 17.2 Å². The van der Waals surface area contributed by atoms with Crippen molar-refractivity contribution in [2.45, 2.75) is 39.0 Å². The second-order valence-corrected chi connectivity index (χ2v) is 6.45. The van der Waals surface area contributed by atoms with Crippen LogP contribution < -0.4 is 14.8 Å². The van der Waals surface area contributed by atoms with E-state index in [1.165, 1.54) is 0 Å². The fourth-order valence-electron chi connectivity index (χ4n) is 2.72. The Kier molecular flexibility index (Phi) is 8.49. The molecule has 146 valence electrons. The molecule has 0 unspecified atom stereocenters. The average Bonchev–Trinajstić information content (AvgIpc) is 2.69. The van der Waals surface area contributed by atoms with Gasteiger partial charge >= 0.3 is 0 Å². The molecule has 0 fully saturated rings. The first-order valence-corrected chi connectivity index (χ1v) is 9.51. The van der Waals surface area contributed by atoms with Crippen LogP contribution in [-0.2, 0) is 6.42 Å². The average molecular weight is 371 g/mol. The number of methoxy groups -OCH3 is 1. The van der Waals surface area contributed by atoms with Crippen LogP contribution in [0.15, 0.2) is 42.5 Å². The number of aromatic hydroxyl groups is 1. The summed E-state index contributed by atoms with van der Waals surface area (Å²) in [4.78, 5) is 12.4. The molecule has 2 rings (SSSR count). The molecule has 0 saturated heterocycles. The van der Waals surface area contributed by atoms with Gasteiger partial charge in [-0.2, -0.15) is 0 Å². The van der Waals surface area contributed by atoms with Crippen molar-refractivity contribution in [2.75, 3.05) is 20.3 Å². The maximum atomic E-state index is 12.4. The Morgan fingerprint density at radius 1 is 1.04 bits per heavy atom. The van der Waals surface area contributed by atoms with Crippen LogP contribution >= 0.6 is 0 Å². The van der Waals surface area contributed by atoms with Crippen molar-refractivity contribution >= 4 is 5.91 Å². The first kappa shape index (κ1) is 20.6. The van der Waals surface area contributed by atoms with Crippen LogP contribution in [0, 0.1) is 0 Å². The summed E-state index contributed by atoms with van der Waals surface area (Å²) in [5.41, 5.74) is 1.69. The highest BCUT2D eigenvalue weighted by Gasteiger charge is 2.11. The van der Waals surface area contributed by atoms with Gasteiger partial charge in [-0.15, -0.1) is 0 Å². The van der Waals surface area contributed by atoms with Crippen LogP contribution in [-0.4, -0.2) is 31.3 Å². The summed E-state index contributed by atoms with van der Waals surface area (Å²) >= 11 is 0. The van der Waals surface area contributed by atoms with Gasteiger partial charge in [-0.3, -0.25) is 4.79 Å². The van der Waals surface area contributed by atoms with E-state index in [9.17, 15) is 9.90 Å². The maximum absolute atomic E-state index is 12.4. The lowest BCUT2D eigenvalue weighted by Gasteiger charge is -2.12. The van der Waals surface area contributed by atoms with Crippen molar-refractivity contribution in [1.29, 1.82) is 0 Å². The topological polar surface area (TPSA) is 67.8 Å². The number of unbranched alkanes of at least 4 members (excludes halogenated alkanes) is 2. The largest absolute Gasteiger partial charge is 0.508 e. The van der Waals surface area contributed by atoms with Gasteiger partial charge in [0.25, 0.3) is 5.91 Å². The predicted octanol–water partition coefficient (Wildman–Crippen LogP) is 4.33. The Bertz CT molecular complexity index is 713. The van der Waals surface area contributed by atoms with E-state index in [-0.39, 0.29) is 11.7 Å². The molecule has 0 saturated carbocycles. The molecule has 0 aromatic heterocycles. The second-order valence-electron chi connectivity index (χ2n) is 6.45. The highest BCUT2D eigenvalue weighted by Crippen LogP contribution is 2.28. The number of carbonyl (C=O) groups excluding carboxylic acids is 1. The number of amides is 1. The lowest BCUT2D eigenvalue weighted by Crippen LogP contribution is -2.24. The Labute approximate surface area is 161 Å². The molecule has 2 aromatic rings. The summed E-state index contributed by atoms with van der Waals surface area (Å²) in [6.45, 7) is 3.34. The van der Waals surface area contributed by atoms with Gasteiger partial charge < -0.3 is 19.9 Å². The molecule has 5 nitrogen and oxygen atoms in total. The number of aryl methyl sites for hydroxylation is 1. The van der Waals surface area contributed by atoms with Crippen molar-refractivity contribution in [3.63, 3.8) is 0 Å². The second kappa shape index (κ2) is 11.1. The van der Waals surface area contributed by atoms with Crippen LogP contribution in [0.4, 0.5) is 0 Å². The van der Waals surface area contributed by atoms with Crippen LogP contribution in [0.25, 0.3) is 0 Å². The van der Waals surface area contributed by atoms with Gasteiger partial charge in [0.1, 0.15) is 5.75 Å². The van der Waals surface area contributed by atoms with Crippen molar-refractivity contribution < 1.29 is 19.4 Å². The van der Waals surface area contributed by atoms with Gasteiger partial charge in [-0.1, -0.05) is 31.9 Å². The first-order chi connectivity index (χ1) is 13.1. The van der Waals surface area contributed by atoms with Crippen LogP contribution in [0.1, 0.15) is 48.5 Å². The monoisotopic (exact) mass is 371 g/mol. The summed E-state index contributed by atoms with van der Waals surface area (Å²) in [6, 6.07) is 12.4. The van der Waals surface area contributed by atoms with E-state index in [2.05, 4.69) is 12.2 Å². The molecular weight excluding hydrogens is 342 g/mol. The minimum absolute atomic E-state index is 0.123. The van der Waals surface area contributed by atoms with E-state index in [0.717, 1.165) is 37.7 Å². The van der Waals surface area contributed by atoms with Gasteiger partial charge in [0.2, 0.25) is 0 Å². The molecule has 0 bridgehead atoms. The number of phenolic OH excluding ortho intramolecular Hbond substituents is 1. The molecule has 0 aliphatic carbocycles. The molecule has 0 aliphatic rings. The molecule has 0 atom stereocenters. The molecule has 27 heavy (non-hydrogen) atoms. The normalized spacial score (nSPS) is 10.4. The smallest absolute Gasteiger partial charge is 0.251 e. The van der Waals surface area contributed by atoms with E-state index in [4.69, 9.17) is 9.47 Å². The van der Waals surface area contributed by atoms with Gasteiger partial charge in [-0.05, 0) is 55.2 Å². The number of benzene rings is 2. The molecule has 0 radical (unpaired) electrons. The fraction of sp³-hybridized carbons (Fsp3) is 0.409. The minimum Gasteiger partial charge on any atom is -0.508 e. The van der Waals surface area contributed by atoms with Gasteiger partial charge in [0.15, 0.2) is 11.5 Å². The van der Waals surface area contributed by atoms with Crippen molar-refractivity contribution in [3.05, 3.63) is 53.6 Å². The van der Waals surface area contributed by atoms with Crippen LogP contribution in [0.3, 0.4) is 0 Å². The summed E-state index contributed by atoms with van der Waals surface area (Å²) in [6.07, 6.45) is 4.89. The number of hydrogen-bond acceptors (Lipinski definition) is 4. The number of nitrogens with one attached hydrogen (secondary N) is 1. The van der Waals surface area contributed by atoms with E-state index in [0.29, 0.717) is 30.2 Å². The van der Waals surface area contributed by atoms with Crippen molar-refractivity contribution in [2.24, 2.45) is 0 Å². The zero-order valence-corrected chi connectivity index (χ0v) is 16.2. The van der Waals surface area contributed by atoms with E-state index < -0.39 is 0 Å². The maximum Gasteiger partial charge on any atom is 0.251 e. The van der Waals surface area contributed by atoms with Crippen molar-refractivity contribution in [3.8, 4) is 17.2 Å². The Hall–Kier alpha value is -2.69. The van der Waals surface area contributed by atoms with E-state index >= 15 is 0 Å². The molecule has 5 heteroatoms. The number of phenols is 1. The molecular formula is C22H29NO4. The van der Waals surface area contributed by atoms with E-state index in [1.54, 1.807) is 37.4 Å². The quantitative estimate of drug-likeness (QED) is 0.577. The lowest BCUT2D eigenvalue weighted by atomic mass is 10.1. The standard InChI is InChI=1S/C22H29NO4/c1-3-4-5-15-27-21-16-18(10-13-20(21)26-2)22(25)23-14-6-7-17-8-11-19(24)12-9-17/h8-13,16,24H,3-7,14-15H2,1-2H3,(H,23,25). The number of ether oxygens (including phenoxy) is 2. The third kappa shape index (κ3) is 6.85. The first-order valence-electron chi connectivity index (χ1n) is 9.51. The summed E-state index contributed by atoms with van der Waals surface area (Å²) < 4.78 is 11.1. The number of carbonyl (C=O) groups is 1. The fourth-order valence-corrected chi connectivity index (χ4v) is 2.72. The Morgan fingerprint density at radius 3 is 2.52 bits per heavy atom. The van der Waals surface area contributed by atoms with Gasteiger partial charge in [-0.25, -0.2) is 0 Å². The van der Waals surface area contributed by atoms with Crippen molar-refractivity contribution in [1.82, 2.24) is 5.32 Å². The van der Waals surface area contributed by atoms with Crippen LogP contribution in [0.2, 0.25) is 0 Å². The molecule has 0 spiro atoms. The lowest BCUT2D eigenvalue weighted by molar-refractivity contribution is 0.0952. The minimum atomic E-state index is -0.123.